The summed E-state index contributed by atoms with van der Waals surface area (Å²) in [7, 11) is 0. The fraction of sp³-hybridized carbons (Fsp3) is 0.375. The molecule has 16 heavy (non-hydrogen) atoms. The second-order valence-electron chi connectivity index (χ2n) is 2.88. The summed E-state index contributed by atoms with van der Waals surface area (Å²) in [5, 5.41) is -0.290. The summed E-state index contributed by atoms with van der Waals surface area (Å²) in [5.74, 6) is -0.409. The molecule has 0 aliphatic rings. The van der Waals surface area contributed by atoms with Gasteiger partial charge in [-0.1, -0.05) is 15.9 Å². The van der Waals surface area contributed by atoms with Gasteiger partial charge in [-0.25, -0.2) is 13.8 Å². The second kappa shape index (κ2) is 4.52. The van der Waals surface area contributed by atoms with E-state index in [0.717, 1.165) is 0 Å². The van der Waals surface area contributed by atoms with Gasteiger partial charge in [0.2, 0.25) is 0 Å². The van der Waals surface area contributed by atoms with Crippen LogP contribution in [0.3, 0.4) is 0 Å². The van der Waals surface area contributed by atoms with Crippen LogP contribution in [0.15, 0.2) is 6.20 Å². The third-order valence-electron chi connectivity index (χ3n) is 1.89. The summed E-state index contributed by atoms with van der Waals surface area (Å²) in [4.78, 5) is 3.31. The number of hydrogen-bond donors (Lipinski definition) is 1. The van der Waals surface area contributed by atoms with Gasteiger partial charge in [-0.3, -0.25) is 0 Å². The van der Waals surface area contributed by atoms with Crippen LogP contribution in [0, 0.1) is 0 Å². The number of aromatic nitrogens is 1. The normalized spacial score (nSPS) is 12.2. The first-order valence-electron chi connectivity index (χ1n) is 3.97. The molecular formula is C8H6BrF5N2. The molecule has 0 aliphatic carbocycles. The minimum absolute atomic E-state index is 0.290. The predicted molar refractivity (Wildman–Crippen MR) is 51.2 cm³/mol. The number of nitrogen functional groups attached to an aromatic ring is 1. The number of nitrogens with zero attached hydrogens (tertiary/aromatic N) is 1. The molecule has 0 radical (unpaired) electrons. The smallest absolute Gasteiger partial charge is 0.383 e. The molecule has 0 bridgehead atoms. The van der Waals surface area contributed by atoms with Gasteiger partial charge >= 0.3 is 6.18 Å². The summed E-state index contributed by atoms with van der Waals surface area (Å²) in [6, 6.07) is 0. The van der Waals surface area contributed by atoms with E-state index in [2.05, 4.69) is 20.9 Å². The molecule has 0 atom stereocenters. The minimum atomic E-state index is -4.88. The van der Waals surface area contributed by atoms with Crippen LogP contribution in [0.25, 0.3) is 0 Å². The molecule has 0 fully saturated rings. The zero-order valence-electron chi connectivity index (χ0n) is 7.65. The topological polar surface area (TPSA) is 38.9 Å². The zero-order chi connectivity index (χ0) is 12.5. The number of pyridine rings is 1. The van der Waals surface area contributed by atoms with Crippen LogP contribution in [-0.2, 0) is 11.5 Å². The first kappa shape index (κ1) is 13.1. The van der Waals surface area contributed by atoms with Gasteiger partial charge in [0.15, 0.2) is 0 Å². The Labute approximate surface area is 95.8 Å². The molecule has 1 rings (SSSR count). The van der Waals surface area contributed by atoms with Crippen LogP contribution in [0.5, 0.6) is 0 Å². The van der Waals surface area contributed by atoms with E-state index in [-0.39, 0.29) is 5.33 Å². The molecule has 90 valence electrons. The highest BCUT2D eigenvalue weighted by molar-refractivity contribution is 9.08. The Kier molecular flexibility index (Phi) is 3.72. The summed E-state index contributed by atoms with van der Waals surface area (Å²) in [5.41, 5.74) is 2.18. The second-order valence-corrected chi connectivity index (χ2v) is 3.45. The average molecular weight is 305 g/mol. The minimum Gasteiger partial charge on any atom is -0.383 e. The van der Waals surface area contributed by atoms with E-state index in [1.807, 2.05) is 0 Å². The van der Waals surface area contributed by atoms with Crippen LogP contribution in [0.2, 0.25) is 0 Å². The predicted octanol–water partition coefficient (Wildman–Crippen LogP) is 3.52. The van der Waals surface area contributed by atoms with Gasteiger partial charge in [-0.15, -0.1) is 0 Å². The maximum atomic E-state index is 12.6. The highest BCUT2D eigenvalue weighted by atomic mass is 79.9. The van der Waals surface area contributed by atoms with Crippen LogP contribution >= 0.6 is 15.9 Å². The van der Waals surface area contributed by atoms with Crippen molar-refractivity contribution < 1.29 is 22.0 Å². The monoisotopic (exact) mass is 304 g/mol. The lowest BCUT2D eigenvalue weighted by Gasteiger charge is -2.16. The van der Waals surface area contributed by atoms with E-state index in [0.29, 0.717) is 6.20 Å². The van der Waals surface area contributed by atoms with Crippen molar-refractivity contribution >= 4 is 21.7 Å². The zero-order valence-corrected chi connectivity index (χ0v) is 9.24. The molecule has 1 aromatic rings. The third-order valence-corrected chi connectivity index (χ3v) is 2.46. The van der Waals surface area contributed by atoms with E-state index in [9.17, 15) is 22.0 Å². The van der Waals surface area contributed by atoms with Crippen molar-refractivity contribution in [1.82, 2.24) is 4.98 Å². The first-order chi connectivity index (χ1) is 7.29. The number of alkyl halides is 6. The van der Waals surface area contributed by atoms with Crippen molar-refractivity contribution in [2.45, 2.75) is 17.9 Å². The lowest BCUT2D eigenvalue weighted by Crippen LogP contribution is -2.15. The van der Waals surface area contributed by atoms with E-state index in [4.69, 9.17) is 5.73 Å². The molecule has 0 amide bonds. The number of nitrogens with two attached hydrogens (primary N) is 1. The Balaban J connectivity index is 3.54. The highest BCUT2D eigenvalue weighted by Gasteiger charge is 2.39. The first-order valence-corrected chi connectivity index (χ1v) is 5.09. The molecule has 0 unspecified atom stereocenters. The molecule has 0 spiro atoms. The van der Waals surface area contributed by atoms with Gasteiger partial charge in [-0.2, -0.15) is 13.2 Å². The van der Waals surface area contributed by atoms with Gasteiger partial charge in [0.1, 0.15) is 5.82 Å². The van der Waals surface area contributed by atoms with Crippen LogP contribution < -0.4 is 5.73 Å². The highest BCUT2D eigenvalue weighted by Crippen LogP contribution is 2.40. The summed E-state index contributed by atoms with van der Waals surface area (Å²) < 4.78 is 62.6. The molecule has 2 N–H and O–H groups in total. The van der Waals surface area contributed by atoms with Gasteiger partial charge in [0, 0.05) is 22.7 Å². The van der Waals surface area contributed by atoms with E-state index < -0.39 is 35.1 Å². The SMILES string of the molecule is Nc1ncc(C(F)F)c(C(F)(F)F)c1CBr. The molecular weight excluding hydrogens is 299 g/mol. The molecule has 1 heterocycles. The lowest BCUT2D eigenvalue weighted by atomic mass is 10.0. The molecule has 2 nitrogen and oxygen atoms in total. The van der Waals surface area contributed by atoms with Crippen LogP contribution in [0.4, 0.5) is 27.8 Å². The Morgan fingerprint density at radius 3 is 2.31 bits per heavy atom. The van der Waals surface area contributed by atoms with E-state index in [1.54, 1.807) is 0 Å². The number of hydrogen-bond acceptors (Lipinski definition) is 2. The third kappa shape index (κ3) is 2.42. The standard InChI is InChI=1S/C8H6BrF5N2/c9-1-3-5(8(12,13)14)4(6(10)11)2-16-7(3)15/h2,6H,1H2,(H2,15,16). The van der Waals surface area contributed by atoms with Crippen molar-refractivity contribution in [3.8, 4) is 0 Å². The Morgan fingerprint density at radius 1 is 1.38 bits per heavy atom. The molecule has 0 saturated carbocycles. The average Bonchev–Trinajstić information content (AvgIpc) is 2.15. The van der Waals surface area contributed by atoms with Crippen LogP contribution in [0.1, 0.15) is 23.1 Å². The lowest BCUT2D eigenvalue weighted by molar-refractivity contribution is -0.140. The van der Waals surface area contributed by atoms with E-state index in [1.165, 1.54) is 0 Å². The van der Waals surface area contributed by atoms with Gasteiger partial charge in [0.05, 0.1) is 5.56 Å². The van der Waals surface area contributed by atoms with E-state index >= 15 is 0 Å². The maximum Gasteiger partial charge on any atom is 0.417 e. The summed E-state index contributed by atoms with van der Waals surface area (Å²) in [6.45, 7) is 0. The number of anilines is 1. The van der Waals surface area contributed by atoms with Gasteiger partial charge < -0.3 is 5.73 Å². The van der Waals surface area contributed by atoms with Gasteiger partial charge in [0.25, 0.3) is 6.43 Å². The molecule has 0 aromatic carbocycles. The molecule has 1 aromatic heterocycles. The Hall–Kier alpha value is -0.920. The molecule has 8 heteroatoms. The fourth-order valence-corrected chi connectivity index (χ4v) is 1.79. The largest absolute Gasteiger partial charge is 0.417 e. The van der Waals surface area contributed by atoms with Gasteiger partial charge in [-0.05, 0) is 0 Å². The Morgan fingerprint density at radius 2 is 1.94 bits per heavy atom. The molecule has 0 aliphatic heterocycles. The van der Waals surface area contributed by atoms with Crippen LogP contribution in [-0.4, -0.2) is 4.98 Å². The summed E-state index contributed by atoms with van der Waals surface area (Å²) in [6.07, 6.45) is -7.68. The quantitative estimate of drug-likeness (QED) is 0.671. The van der Waals surface area contributed by atoms with Crippen molar-refractivity contribution in [3.63, 3.8) is 0 Å². The Bertz CT molecular complexity index is 391. The number of halogens is 6. The maximum absolute atomic E-state index is 12.6. The number of rotatable bonds is 2. The van der Waals surface area contributed by atoms with Crippen molar-refractivity contribution in [1.29, 1.82) is 0 Å². The summed E-state index contributed by atoms with van der Waals surface area (Å²) >= 11 is 2.77. The fourth-order valence-electron chi connectivity index (χ4n) is 1.22. The molecule has 0 saturated heterocycles. The van der Waals surface area contributed by atoms with Crippen molar-refractivity contribution in [2.24, 2.45) is 0 Å². The van der Waals surface area contributed by atoms with Crippen molar-refractivity contribution in [3.05, 3.63) is 22.9 Å². The van der Waals surface area contributed by atoms with Crippen molar-refractivity contribution in [2.75, 3.05) is 5.73 Å².